The van der Waals surface area contributed by atoms with E-state index < -0.39 is 26.0 Å². The molecule has 1 aromatic carbocycles. The predicted octanol–water partition coefficient (Wildman–Crippen LogP) is 1.34. The van der Waals surface area contributed by atoms with Gasteiger partial charge in [-0.2, -0.15) is 0 Å². The molecule has 0 unspecified atom stereocenters. The maximum absolute atomic E-state index is 12.5. The second-order valence-electron chi connectivity index (χ2n) is 6.85. The van der Waals surface area contributed by atoms with Crippen molar-refractivity contribution in [3.05, 3.63) is 41.7 Å². The number of nitrogens with zero attached hydrogens (tertiary/aromatic N) is 1. The largest absolute Gasteiger partial charge is 0.495 e. The Bertz CT molecular complexity index is 1150. The Hall–Kier alpha value is -2.41. The summed E-state index contributed by atoms with van der Waals surface area (Å²) in [7, 11) is -3.53. The van der Waals surface area contributed by atoms with Gasteiger partial charge in [0.2, 0.25) is 15.1 Å². The molecule has 30 heavy (non-hydrogen) atoms. The summed E-state index contributed by atoms with van der Waals surface area (Å²) in [5.74, 6) is -0.571. The van der Waals surface area contributed by atoms with Crippen molar-refractivity contribution in [3.63, 3.8) is 0 Å². The summed E-state index contributed by atoms with van der Waals surface area (Å²) in [6, 6.07) is 6.46. The molecule has 0 radical (unpaired) electrons. The van der Waals surface area contributed by atoms with Gasteiger partial charge in [-0.25, -0.2) is 30.7 Å². The van der Waals surface area contributed by atoms with Gasteiger partial charge in [0, 0.05) is 20.1 Å². The molecule has 3 rings (SSSR count). The Morgan fingerprint density at radius 2 is 1.87 bits per heavy atom. The molecular weight excluding hydrogens is 436 g/mol. The molecule has 0 bridgehead atoms. The van der Waals surface area contributed by atoms with Crippen LogP contribution in [-0.2, 0) is 31.4 Å². The normalized spacial score (nSPS) is 14.7. The van der Waals surface area contributed by atoms with Gasteiger partial charge in [0.05, 0.1) is 12.7 Å². The van der Waals surface area contributed by atoms with Crippen LogP contribution in [0, 0.1) is 0 Å². The maximum atomic E-state index is 12.5. The van der Waals surface area contributed by atoms with Crippen LogP contribution in [0.4, 0.5) is 0 Å². The van der Waals surface area contributed by atoms with Crippen LogP contribution in [-0.4, -0.2) is 54.4 Å². The minimum atomic E-state index is -3.86. The van der Waals surface area contributed by atoms with Crippen molar-refractivity contribution in [2.24, 2.45) is 0 Å². The smallest absolute Gasteiger partial charge is 0.338 e. The molecule has 1 N–H and O–H groups in total. The average Bonchev–Trinajstić information content (AvgIpc) is 3.36. The molecule has 12 heteroatoms. The SMILES string of the molecule is COc1ccc(C(=O)OCc2ccc(S(=O)(=O)N(C)C)o2)cc1S(=O)(=O)NC1CC1. The fourth-order valence-corrected chi connectivity index (χ4v) is 4.78. The quantitative estimate of drug-likeness (QED) is 0.557. The number of hydrogen-bond donors (Lipinski definition) is 1. The molecule has 1 aliphatic carbocycles. The van der Waals surface area contributed by atoms with Crippen LogP contribution < -0.4 is 9.46 Å². The van der Waals surface area contributed by atoms with Crippen molar-refractivity contribution < 1.29 is 35.5 Å². The monoisotopic (exact) mass is 458 g/mol. The summed E-state index contributed by atoms with van der Waals surface area (Å²) in [6.45, 7) is -0.323. The summed E-state index contributed by atoms with van der Waals surface area (Å²) in [6.07, 6.45) is 1.52. The number of nitrogens with one attached hydrogen (secondary N) is 1. The van der Waals surface area contributed by atoms with Gasteiger partial charge in [0.15, 0.2) is 0 Å². The second-order valence-corrected chi connectivity index (χ2v) is 10.6. The fraction of sp³-hybridized carbons (Fsp3) is 0.389. The number of rotatable bonds is 9. The Morgan fingerprint density at radius 1 is 1.17 bits per heavy atom. The minimum Gasteiger partial charge on any atom is -0.495 e. The summed E-state index contributed by atoms with van der Waals surface area (Å²) in [5.41, 5.74) is -0.000311. The molecule has 0 amide bonds. The van der Waals surface area contributed by atoms with Crippen molar-refractivity contribution >= 4 is 26.0 Å². The van der Waals surface area contributed by atoms with Gasteiger partial charge in [0.1, 0.15) is 23.0 Å². The van der Waals surface area contributed by atoms with Gasteiger partial charge < -0.3 is 13.9 Å². The van der Waals surface area contributed by atoms with Gasteiger partial charge in [-0.05, 0) is 43.2 Å². The Kier molecular flexibility index (Phi) is 6.22. The molecule has 1 aliphatic rings. The van der Waals surface area contributed by atoms with E-state index in [1.165, 1.54) is 51.5 Å². The lowest BCUT2D eigenvalue weighted by atomic mass is 10.2. The zero-order chi connectivity index (χ0) is 22.1. The van der Waals surface area contributed by atoms with E-state index in [-0.39, 0.29) is 39.7 Å². The lowest BCUT2D eigenvalue weighted by Gasteiger charge is -2.12. The van der Waals surface area contributed by atoms with E-state index in [4.69, 9.17) is 13.9 Å². The lowest BCUT2D eigenvalue weighted by molar-refractivity contribution is 0.0440. The van der Waals surface area contributed by atoms with Crippen LogP contribution in [0.3, 0.4) is 0 Å². The van der Waals surface area contributed by atoms with Crippen LogP contribution in [0.5, 0.6) is 5.75 Å². The van der Waals surface area contributed by atoms with Gasteiger partial charge >= 0.3 is 5.97 Å². The van der Waals surface area contributed by atoms with E-state index in [0.29, 0.717) is 0 Å². The first-order chi connectivity index (χ1) is 14.0. The van der Waals surface area contributed by atoms with Crippen LogP contribution in [0.25, 0.3) is 0 Å². The van der Waals surface area contributed by atoms with E-state index in [9.17, 15) is 21.6 Å². The van der Waals surface area contributed by atoms with Crippen molar-refractivity contribution in [3.8, 4) is 5.75 Å². The highest BCUT2D eigenvalue weighted by Crippen LogP contribution is 2.28. The minimum absolute atomic E-state index is 0.000311. The molecule has 0 aliphatic heterocycles. The summed E-state index contributed by atoms with van der Waals surface area (Å²) in [5, 5.41) is -0.275. The zero-order valence-electron chi connectivity index (χ0n) is 16.6. The van der Waals surface area contributed by atoms with Crippen molar-refractivity contribution in [2.45, 2.75) is 35.5 Å². The van der Waals surface area contributed by atoms with Crippen LogP contribution in [0.1, 0.15) is 29.0 Å². The van der Waals surface area contributed by atoms with Crippen molar-refractivity contribution in [1.82, 2.24) is 9.03 Å². The van der Waals surface area contributed by atoms with Crippen molar-refractivity contribution in [1.29, 1.82) is 0 Å². The topological polar surface area (TPSA) is 132 Å². The molecule has 10 nitrogen and oxygen atoms in total. The summed E-state index contributed by atoms with van der Waals surface area (Å²) >= 11 is 0. The van der Waals surface area contributed by atoms with E-state index >= 15 is 0 Å². The third kappa shape index (κ3) is 4.83. The molecular formula is C18H22N2O8S2. The average molecular weight is 459 g/mol. The highest BCUT2D eigenvalue weighted by atomic mass is 32.2. The number of carbonyl (C=O) groups excluding carboxylic acids is 1. The van der Waals surface area contributed by atoms with Crippen LogP contribution in [0.2, 0.25) is 0 Å². The molecule has 1 fully saturated rings. The molecule has 0 saturated heterocycles. The number of benzene rings is 1. The standard InChI is InChI=1S/C18H22N2O8S2/c1-20(2)30(24,25)17-9-7-14(28-17)11-27-18(21)12-4-8-15(26-3)16(10-12)29(22,23)19-13-5-6-13/h4,7-10,13,19H,5-6,11H2,1-3H3. The lowest BCUT2D eigenvalue weighted by Crippen LogP contribution is -2.26. The Balaban J connectivity index is 1.75. The Morgan fingerprint density at radius 3 is 2.47 bits per heavy atom. The van der Waals surface area contributed by atoms with Gasteiger partial charge in [0.25, 0.3) is 10.0 Å². The predicted molar refractivity (Wildman–Crippen MR) is 105 cm³/mol. The zero-order valence-corrected chi connectivity index (χ0v) is 18.2. The van der Waals surface area contributed by atoms with Gasteiger partial charge in [-0.1, -0.05) is 0 Å². The second kappa shape index (κ2) is 8.38. The molecule has 1 aromatic heterocycles. The number of ether oxygens (including phenoxy) is 2. The maximum Gasteiger partial charge on any atom is 0.338 e. The molecule has 1 heterocycles. The molecule has 0 atom stereocenters. The summed E-state index contributed by atoms with van der Waals surface area (Å²) in [4.78, 5) is 12.2. The number of methoxy groups -OCH3 is 1. The third-order valence-corrected chi connectivity index (χ3v) is 7.54. The van der Waals surface area contributed by atoms with Crippen molar-refractivity contribution in [2.75, 3.05) is 21.2 Å². The van der Waals surface area contributed by atoms with Crippen LogP contribution >= 0.6 is 0 Å². The van der Waals surface area contributed by atoms with Gasteiger partial charge in [-0.15, -0.1) is 0 Å². The first kappa shape index (κ1) is 22.3. The Labute approximate surface area is 174 Å². The number of sulfonamides is 2. The first-order valence-electron chi connectivity index (χ1n) is 8.93. The number of esters is 1. The van der Waals surface area contributed by atoms with E-state index in [1.807, 2.05) is 0 Å². The van der Waals surface area contributed by atoms with Crippen LogP contribution in [0.15, 0.2) is 44.7 Å². The molecule has 164 valence electrons. The fourth-order valence-electron chi connectivity index (χ4n) is 2.47. The molecule has 1 saturated carbocycles. The number of carbonyl (C=O) groups is 1. The van der Waals surface area contributed by atoms with E-state index in [0.717, 1.165) is 17.1 Å². The molecule has 0 spiro atoms. The van der Waals surface area contributed by atoms with E-state index in [1.54, 1.807) is 0 Å². The third-order valence-electron chi connectivity index (χ3n) is 4.31. The van der Waals surface area contributed by atoms with E-state index in [2.05, 4.69) is 4.72 Å². The highest BCUT2D eigenvalue weighted by molar-refractivity contribution is 7.89. The first-order valence-corrected chi connectivity index (χ1v) is 11.9. The number of hydrogen-bond acceptors (Lipinski definition) is 8. The highest BCUT2D eigenvalue weighted by Gasteiger charge is 2.30. The number of furan rings is 1. The molecule has 2 aromatic rings. The van der Waals surface area contributed by atoms with Gasteiger partial charge in [-0.3, -0.25) is 0 Å². The summed E-state index contributed by atoms with van der Waals surface area (Å²) < 4.78 is 68.2.